The Balaban J connectivity index is 0.000001000. The van der Waals surface area contributed by atoms with Gasteiger partial charge in [-0.25, -0.2) is 0 Å². The zero-order valence-electron chi connectivity index (χ0n) is 11.3. The van der Waals surface area contributed by atoms with E-state index in [2.05, 4.69) is 10.2 Å². The van der Waals surface area contributed by atoms with Crippen molar-refractivity contribution in [1.29, 1.82) is 0 Å². The molecule has 6 heteroatoms. The average molecular weight is 410 g/mol. The SMILES string of the molecule is Br.Br.Oc1ccc2c(c1O)CCNC2CN1CCCC1. The second kappa shape index (κ2) is 7.64. The van der Waals surface area contributed by atoms with Crippen molar-refractivity contribution in [2.45, 2.75) is 25.3 Å². The van der Waals surface area contributed by atoms with Crippen molar-refractivity contribution in [1.82, 2.24) is 10.2 Å². The molecule has 3 N–H and O–H groups in total. The summed E-state index contributed by atoms with van der Waals surface area (Å²) >= 11 is 0. The van der Waals surface area contributed by atoms with Crippen molar-refractivity contribution in [2.24, 2.45) is 0 Å². The standard InChI is InChI=1S/C14H20N2O2.2BrH/c17-13-4-3-10-11(14(13)18)5-6-15-12(10)9-16-7-1-2-8-16;;/h3-4,12,15,17-18H,1-2,5-9H2;2*1H. The Labute approximate surface area is 140 Å². The molecule has 0 radical (unpaired) electrons. The van der Waals surface area contributed by atoms with E-state index in [1.54, 1.807) is 6.07 Å². The number of hydrogen-bond donors (Lipinski definition) is 3. The van der Waals surface area contributed by atoms with Crippen molar-refractivity contribution in [3.05, 3.63) is 23.3 Å². The van der Waals surface area contributed by atoms with Crippen LogP contribution in [0.3, 0.4) is 0 Å². The number of nitrogens with zero attached hydrogens (tertiary/aromatic N) is 1. The summed E-state index contributed by atoms with van der Waals surface area (Å²) in [7, 11) is 0. The molecule has 1 atom stereocenters. The van der Waals surface area contributed by atoms with Gasteiger partial charge in [-0.3, -0.25) is 0 Å². The van der Waals surface area contributed by atoms with Crippen LogP contribution in [0.4, 0.5) is 0 Å². The van der Waals surface area contributed by atoms with Crippen molar-refractivity contribution >= 4 is 34.0 Å². The lowest BCUT2D eigenvalue weighted by atomic mass is 9.93. The highest BCUT2D eigenvalue weighted by Gasteiger charge is 2.26. The fourth-order valence-electron chi connectivity index (χ4n) is 3.10. The molecule has 1 unspecified atom stereocenters. The lowest BCUT2D eigenvalue weighted by molar-refractivity contribution is 0.285. The Hall–Kier alpha value is -0.300. The first-order valence-corrected chi connectivity index (χ1v) is 6.75. The molecule has 0 amide bonds. The van der Waals surface area contributed by atoms with Crippen LogP contribution >= 0.6 is 34.0 Å². The Kier molecular flexibility index (Phi) is 6.78. The van der Waals surface area contributed by atoms with Crippen LogP contribution in [0.5, 0.6) is 11.5 Å². The van der Waals surface area contributed by atoms with E-state index in [-0.39, 0.29) is 51.5 Å². The van der Waals surface area contributed by atoms with Gasteiger partial charge in [-0.1, -0.05) is 6.07 Å². The number of phenolic OH excluding ortho intramolecular Hbond substituents is 2. The molecule has 2 heterocycles. The monoisotopic (exact) mass is 408 g/mol. The minimum atomic E-state index is -0.00410. The van der Waals surface area contributed by atoms with Gasteiger partial charge in [0, 0.05) is 18.2 Å². The Morgan fingerprint density at radius 2 is 1.85 bits per heavy atom. The van der Waals surface area contributed by atoms with Gasteiger partial charge in [0.25, 0.3) is 0 Å². The molecule has 0 aromatic heterocycles. The summed E-state index contributed by atoms with van der Waals surface area (Å²) in [6, 6.07) is 3.81. The molecule has 2 aliphatic heterocycles. The number of likely N-dealkylation sites (tertiary alicyclic amines) is 1. The molecular weight excluding hydrogens is 388 g/mol. The fraction of sp³-hybridized carbons (Fsp3) is 0.571. The summed E-state index contributed by atoms with van der Waals surface area (Å²) in [4.78, 5) is 2.47. The van der Waals surface area contributed by atoms with Crippen LogP contribution in [0, 0.1) is 0 Å². The smallest absolute Gasteiger partial charge is 0.161 e. The third-order valence-electron chi connectivity index (χ3n) is 4.08. The Bertz CT molecular complexity index is 451. The Morgan fingerprint density at radius 3 is 2.55 bits per heavy atom. The van der Waals surface area contributed by atoms with E-state index in [4.69, 9.17) is 0 Å². The first kappa shape index (κ1) is 17.8. The largest absolute Gasteiger partial charge is 0.504 e. The van der Waals surface area contributed by atoms with E-state index in [0.717, 1.165) is 30.6 Å². The van der Waals surface area contributed by atoms with Crippen LogP contribution in [0.15, 0.2) is 12.1 Å². The molecule has 1 aromatic rings. The van der Waals surface area contributed by atoms with Crippen LogP contribution in [0.2, 0.25) is 0 Å². The van der Waals surface area contributed by atoms with Gasteiger partial charge in [0.1, 0.15) is 0 Å². The molecule has 0 spiro atoms. The minimum absolute atomic E-state index is 0. The molecule has 0 bridgehead atoms. The van der Waals surface area contributed by atoms with Crippen LogP contribution in [0.25, 0.3) is 0 Å². The van der Waals surface area contributed by atoms with Gasteiger partial charge in [-0.15, -0.1) is 34.0 Å². The third kappa shape index (κ3) is 3.47. The van der Waals surface area contributed by atoms with Crippen molar-refractivity contribution < 1.29 is 10.2 Å². The number of aromatic hydroxyl groups is 2. The van der Waals surface area contributed by atoms with E-state index in [9.17, 15) is 10.2 Å². The van der Waals surface area contributed by atoms with Gasteiger partial charge in [-0.05, 0) is 50.5 Å². The summed E-state index contributed by atoms with van der Waals surface area (Å²) in [5, 5.41) is 23.0. The highest BCUT2D eigenvalue weighted by atomic mass is 79.9. The maximum Gasteiger partial charge on any atom is 0.161 e. The molecule has 2 aliphatic rings. The van der Waals surface area contributed by atoms with Crippen LogP contribution in [-0.2, 0) is 6.42 Å². The highest BCUT2D eigenvalue weighted by molar-refractivity contribution is 8.93. The predicted octanol–water partition coefficient (Wildman–Crippen LogP) is 2.54. The van der Waals surface area contributed by atoms with Crippen LogP contribution in [-0.4, -0.2) is 41.3 Å². The summed E-state index contributed by atoms with van der Waals surface area (Å²) in [6.45, 7) is 4.22. The fourth-order valence-corrected chi connectivity index (χ4v) is 3.10. The normalized spacial score (nSPS) is 21.7. The van der Waals surface area contributed by atoms with Gasteiger partial charge in [-0.2, -0.15) is 0 Å². The number of fused-ring (bicyclic) bond motifs is 1. The summed E-state index contributed by atoms with van der Waals surface area (Å²) in [6.07, 6.45) is 3.37. The van der Waals surface area contributed by atoms with Crippen molar-refractivity contribution in [3.63, 3.8) is 0 Å². The zero-order valence-corrected chi connectivity index (χ0v) is 14.8. The molecule has 4 nitrogen and oxygen atoms in total. The molecule has 1 aromatic carbocycles. The highest BCUT2D eigenvalue weighted by Crippen LogP contribution is 2.36. The van der Waals surface area contributed by atoms with E-state index in [1.165, 1.54) is 25.9 Å². The second-order valence-electron chi connectivity index (χ2n) is 5.27. The van der Waals surface area contributed by atoms with Crippen LogP contribution < -0.4 is 5.32 Å². The van der Waals surface area contributed by atoms with E-state index in [1.807, 2.05) is 6.07 Å². The van der Waals surface area contributed by atoms with Gasteiger partial charge >= 0.3 is 0 Å². The van der Waals surface area contributed by atoms with Gasteiger partial charge in [0.05, 0.1) is 0 Å². The number of benzene rings is 1. The van der Waals surface area contributed by atoms with Crippen molar-refractivity contribution in [3.8, 4) is 11.5 Å². The molecular formula is C14H22Br2N2O2. The van der Waals surface area contributed by atoms with Crippen molar-refractivity contribution in [2.75, 3.05) is 26.2 Å². The number of hydrogen-bond acceptors (Lipinski definition) is 4. The lowest BCUT2D eigenvalue weighted by Gasteiger charge is -2.30. The topological polar surface area (TPSA) is 55.7 Å². The molecule has 20 heavy (non-hydrogen) atoms. The van der Waals surface area contributed by atoms with Gasteiger partial charge in [0.15, 0.2) is 11.5 Å². The van der Waals surface area contributed by atoms with Crippen LogP contribution in [0.1, 0.15) is 30.0 Å². The first-order valence-electron chi connectivity index (χ1n) is 6.75. The maximum atomic E-state index is 9.93. The summed E-state index contributed by atoms with van der Waals surface area (Å²) in [5.41, 5.74) is 2.06. The summed E-state index contributed by atoms with van der Waals surface area (Å²) < 4.78 is 0. The molecule has 0 saturated carbocycles. The number of phenols is 2. The van der Waals surface area contributed by atoms with E-state index >= 15 is 0 Å². The van der Waals surface area contributed by atoms with E-state index < -0.39 is 0 Å². The quantitative estimate of drug-likeness (QED) is 0.657. The predicted molar refractivity (Wildman–Crippen MR) is 90.5 cm³/mol. The number of halogens is 2. The molecule has 0 aliphatic carbocycles. The number of rotatable bonds is 2. The number of nitrogens with one attached hydrogen (secondary N) is 1. The lowest BCUT2D eigenvalue weighted by Crippen LogP contribution is -2.38. The third-order valence-corrected chi connectivity index (χ3v) is 4.08. The molecule has 1 fully saturated rings. The average Bonchev–Trinajstić information content (AvgIpc) is 2.87. The summed E-state index contributed by atoms with van der Waals surface area (Å²) in [5.74, 6) is 0.0657. The minimum Gasteiger partial charge on any atom is -0.504 e. The van der Waals surface area contributed by atoms with E-state index in [0.29, 0.717) is 0 Å². The van der Waals surface area contributed by atoms with Gasteiger partial charge in [0.2, 0.25) is 0 Å². The molecule has 114 valence electrons. The maximum absolute atomic E-state index is 9.93. The zero-order chi connectivity index (χ0) is 12.5. The molecule has 3 rings (SSSR count). The second-order valence-corrected chi connectivity index (χ2v) is 5.27. The van der Waals surface area contributed by atoms with Gasteiger partial charge < -0.3 is 20.4 Å². The Morgan fingerprint density at radius 1 is 1.15 bits per heavy atom. The molecule has 1 saturated heterocycles. The first-order chi connectivity index (χ1) is 8.75.